The SMILES string of the molecule is CCCC/C=C\CCCCCCCC(=O)OCCCCCCCCCCCCCCCCCCCCCCC(=O)NC(CO)C(O)CCCCCCCCCCCCCCC. The molecule has 6 heteroatoms. The van der Waals surface area contributed by atoms with Gasteiger partial charge in [0.2, 0.25) is 5.91 Å². The third kappa shape index (κ3) is 47.9. The molecule has 0 aromatic rings. The number of carbonyl (C=O) groups is 2. The standard InChI is InChI=1S/C55H107NO5/c1-3-5-7-9-11-13-15-24-28-31-35-39-43-47-53(58)52(51-57)56-54(59)48-44-40-36-32-29-25-22-20-18-16-17-19-21-23-26-30-34-38-42-46-50-61-55(60)49-45-41-37-33-27-14-12-10-8-6-4-2/h10,12,52-53,57-58H,3-9,11,13-51H2,1-2H3,(H,56,59)/b12-10-. The van der Waals surface area contributed by atoms with Crippen LogP contribution >= 0.6 is 0 Å². The zero-order valence-electron chi connectivity index (χ0n) is 41.2. The molecule has 0 saturated carbocycles. The average Bonchev–Trinajstić information content (AvgIpc) is 3.26. The van der Waals surface area contributed by atoms with Crippen LogP contribution in [0.25, 0.3) is 0 Å². The molecule has 0 aromatic heterocycles. The molecule has 0 aromatic carbocycles. The van der Waals surface area contributed by atoms with Gasteiger partial charge in [-0.3, -0.25) is 9.59 Å². The van der Waals surface area contributed by atoms with E-state index in [4.69, 9.17) is 4.74 Å². The molecule has 0 aliphatic heterocycles. The van der Waals surface area contributed by atoms with Crippen LogP contribution in [0.1, 0.15) is 303 Å². The number of rotatable bonds is 51. The Morgan fingerprint density at radius 3 is 1.21 bits per heavy atom. The van der Waals surface area contributed by atoms with Gasteiger partial charge in [0.25, 0.3) is 0 Å². The molecule has 0 aliphatic rings. The summed E-state index contributed by atoms with van der Waals surface area (Å²) in [5.74, 6) is -0.0364. The maximum atomic E-state index is 12.4. The van der Waals surface area contributed by atoms with E-state index in [9.17, 15) is 19.8 Å². The number of allylic oxidation sites excluding steroid dienone is 2. The normalized spacial score (nSPS) is 12.7. The summed E-state index contributed by atoms with van der Waals surface area (Å²) >= 11 is 0. The zero-order chi connectivity index (χ0) is 44.4. The Hall–Kier alpha value is -1.40. The first-order valence-electron chi connectivity index (χ1n) is 27.4. The lowest BCUT2D eigenvalue weighted by Crippen LogP contribution is -2.45. The van der Waals surface area contributed by atoms with Crippen LogP contribution in [-0.2, 0) is 14.3 Å². The first-order valence-corrected chi connectivity index (χ1v) is 27.4. The van der Waals surface area contributed by atoms with Crippen molar-refractivity contribution in [1.29, 1.82) is 0 Å². The highest BCUT2D eigenvalue weighted by Gasteiger charge is 2.20. The number of aliphatic hydroxyl groups excluding tert-OH is 2. The van der Waals surface area contributed by atoms with Crippen LogP contribution in [0.4, 0.5) is 0 Å². The molecule has 362 valence electrons. The van der Waals surface area contributed by atoms with Crippen LogP contribution in [0.2, 0.25) is 0 Å². The van der Waals surface area contributed by atoms with E-state index in [1.165, 1.54) is 225 Å². The molecule has 0 heterocycles. The van der Waals surface area contributed by atoms with Gasteiger partial charge in [0.05, 0.1) is 25.4 Å². The van der Waals surface area contributed by atoms with Crippen LogP contribution in [0.3, 0.4) is 0 Å². The predicted molar refractivity (Wildman–Crippen MR) is 264 cm³/mol. The van der Waals surface area contributed by atoms with E-state index in [0.717, 1.165) is 44.9 Å². The van der Waals surface area contributed by atoms with Gasteiger partial charge in [-0.2, -0.15) is 0 Å². The second-order valence-corrected chi connectivity index (χ2v) is 18.9. The molecule has 3 N–H and O–H groups in total. The smallest absolute Gasteiger partial charge is 0.305 e. The van der Waals surface area contributed by atoms with E-state index in [-0.39, 0.29) is 18.5 Å². The van der Waals surface area contributed by atoms with E-state index >= 15 is 0 Å². The molecule has 0 fully saturated rings. The number of hydrogen-bond acceptors (Lipinski definition) is 5. The molecule has 0 spiro atoms. The Kier molecular flexibility index (Phi) is 50.1. The fourth-order valence-corrected chi connectivity index (χ4v) is 8.56. The van der Waals surface area contributed by atoms with Gasteiger partial charge >= 0.3 is 5.97 Å². The minimum absolute atomic E-state index is 0.000291. The molecule has 0 radical (unpaired) electrons. The Bertz CT molecular complexity index is 909. The van der Waals surface area contributed by atoms with Gasteiger partial charge in [-0.15, -0.1) is 0 Å². The molecular formula is C55H107NO5. The van der Waals surface area contributed by atoms with E-state index in [0.29, 0.717) is 25.9 Å². The summed E-state index contributed by atoms with van der Waals surface area (Å²) < 4.78 is 5.45. The topological polar surface area (TPSA) is 95.9 Å². The fraction of sp³-hybridized carbons (Fsp3) is 0.927. The fourth-order valence-electron chi connectivity index (χ4n) is 8.56. The second-order valence-electron chi connectivity index (χ2n) is 18.9. The number of unbranched alkanes of at least 4 members (excludes halogenated alkanes) is 38. The van der Waals surface area contributed by atoms with Crippen molar-refractivity contribution in [2.45, 2.75) is 315 Å². The predicted octanol–water partition coefficient (Wildman–Crippen LogP) is 16.5. The molecule has 2 atom stereocenters. The number of esters is 1. The maximum absolute atomic E-state index is 12.4. The first-order chi connectivity index (χ1) is 30.0. The van der Waals surface area contributed by atoms with E-state index in [1.54, 1.807) is 0 Å². The van der Waals surface area contributed by atoms with Crippen LogP contribution in [-0.4, -0.2) is 47.4 Å². The van der Waals surface area contributed by atoms with Crippen molar-refractivity contribution in [2.75, 3.05) is 13.2 Å². The van der Waals surface area contributed by atoms with Crippen molar-refractivity contribution in [3.8, 4) is 0 Å². The summed E-state index contributed by atoms with van der Waals surface area (Å²) in [6, 6.07) is -0.541. The maximum Gasteiger partial charge on any atom is 0.305 e. The second kappa shape index (κ2) is 51.2. The summed E-state index contributed by atoms with van der Waals surface area (Å²) in [6.45, 7) is 4.92. The molecule has 0 rings (SSSR count). The molecule has 0 bridgehead atoms. The Balaban J connectivity index is 3.39. The molecule has 0 aliphatic carbocycles. The molecular weight excluding hydrogens is 755 g/mol. The first kappa shape index (κ1) is 59.6. The molecule has 2 unspecified atom stereocenters. The Morgan fingerprint density at radius 1 is 0.443 bits per heavy atom. The van der Waals surface area contributed by atoms with Crippen LogP contribution < -0.4 is 5.32 Å². The van der Waals surface area contributed by atoms with Gasteiger partial charge in [0, 0.05) is 12.8 Å². The third-order valence-corrected chi connectivity index (χ3v) is 12.8. The third-order valence-electron chi connectivity index (χ3n) is 12.8. The number of nitrogens with one attached hydrogen (secondary N) is 1. The monoisotopic (exact) mass is 862 g/mol. The van der Waals surface area contributed by atoms with Crippen LogP contribution in [0.15, 0.2) is 12.2 Å². The van der Waals surface area contributed by atoms with Gasteiger partial charge < -0.3 is 20.3 Å². The van der Waals surface area contributed by atoms with Crippen molar-refractivity contribution in [3.05, 3.63) is 12.2 Å². The van der Waals surface area contributed by atoms with E-state index < -0.39 is 12.1 Å². The molecule has 0 saturated heterocycles. The Labute approximate surface area is 380 Å². The molecule has 1 amide bonds. The zero-order valence-corrected chi connectivity index (χ0v) is 41.2. The highest BCUT2D eigenvalue weighted by molar-refractivity contribution is 5.76. The minimum atomic E-state index is -0.664. The number of aliphatic hydroxyl groups is 2. The van der Waals surface area contributed by atoms with Crippen molar-refractivity contribution in [1.82, 2.24) is 5.32 Å². The largest absolute Gasteiger partial charge is 0.466 e. The van der Waals surface area contributed by atoms with Crippen LogP contribution in [0, 0.1) is 0 Å². The summed E-state index contributed by atoms with van der Waals surface area (Å²) in [7, 11) is 0. The average molecular weight is 862 g/mol. The minimum Gasteiger partial charge on any atom is -0.466 e. The lowest BCUT2D eigenvalue weighted by atomic mass is 10.0. The van der Waals surface area contributed by atoms with E-state index in [1.807, 2.05) is 0 Å². The summed E-state index contributed by atoms with van der Waals surface area (Å²) in [5, 5.41) is 23.2. The summed E-state index contributed by atoms with van der Waals surface area (Å²) in [4.78, 5) is 24.4. The van der Waals surface area contributed by atoms with Crippen molar-refractivity contribution in [2.24, 2.45) is 0 Å². The number of amides is 1. The quantitative estimate of drug-likeness (QED) is 0.0322. The lowest BCUT2D eigenvalue weighted by Gasteiger charge is -2.22. The molecule has 6 nitrogen and oxygen atoms in total. The lowest BCUT2D eigenvalue weighted by molar-refractivity contribution is -0.143. The van der Waals surface area contributed by atoms with Gasteiger partial charge in [0.15, 0.2) is 0 Å². The summed E-state index contributed by atoms with van der Waals surface area (Å²) in [5.41, 5.74) is 0. The van der Waals surface area contributed by atoms with Crippen molar-refractivity contribution >= 4 is 11.9 Å². The highest BCUT2D eigenvalue weighted by atomic mass is 16.5. The van der Waals surface area contributed by atoms with Gasteiger partial charge in [-0.05, 0) is 44.9 Å². The van der Waals surface area contributed by atoms with Gasteiger partial charge in [0.1, 0.15) is 0 Å². The number of hydrogen-bond donors (Lipinski definition) is 3. The summed E-state index contributed by atoms with van der Waals surface area (Å²) in [6.07, 6.45) is 59.1. The van der Waals surface area contributed by atoms with Gasteiger partial charge in [-0.25, -0.2) is 0 Å². The van der Waals surface area contributed by atoms with Crippen molar-refractivity contribution < 1.29 is 24.5 Å². The van der Waals surface area contributed by atoms with E-state index in [2.05, 4.69) is 31.3 Å². The number of ether oxygens (including phenoxy) is 1. The Morgan fingerprint density at radius 2 is 0.787 bits per heavy atom. The van der Waals surface area contributed by atoms with Crippen LogP contribution in [0.5, 0.6) is 0 Å². The highest BCUT2D eigenvalue weighted by Crippen LogP contribution is 2.17. The number of carbonyl (C=O) groups excluding carboxylic acids is 2. The van der Waals surface area contributed by atoms with Crippen molar-refractivity contribution in [3.63, 3.8) is 0 Å². The molecule has 61 heavy (non-hydrogen) atoms. The van der Waals surface area contributed by atoms with Gasteiger partial charge in [-0.1, -0.05) is 257 Å².